The van der Waals surface area contributed by atoms with Crippen LogP contribution in [0.1, 0.15) is 23.4 Å². The number of phenols is 1. The topological polar surface area (TPSA) is 82.5 Å². The second-order valence-corrected chi connectivity index (χ2v) is 7.02. The Bertz CT molecular complexity index is 963. The summed E-state index contributed by atoms with van der Waals surface area (Å²) in [6, 6.07) is 10.9. The van der Waals surface area contributed by atoms with Crippen LogP contribution < -0.4 is 9.84 Å². The summed E-state index contributed by atoms with van der Waals surface area (Å²) in [5.74, 6) is -1.02. The molecule has 0 saturated carbocycles. The van der Waals surface area contributed by atoms with Crippen LogP contribution in [0.4, 0.5) is 0 Å². The van der Waals surface area contributed by atoms with Gasteiger partial charge in [-0.2, -0.15) is 0 Å². The van der Waals surface area contributed by atoms with Crippen molar-refractivity contribution in [3.05, 3.63) is 52.0 Å². The third-order valence-electron chi connectivity index (χ3n) is 3.78. The highest BCUT2D eigenvalue weighted by Crippen LogP contribution is 2.37. The smallest absolute Gasteiger partial charge is 0.176 e. The molecule has 0 atom stereocenters. The molecule has 0 aliphatic rings. The number of benzene rings is 2. The van der Waals surface area contributed by atoms with Gasteiger partial charge in [0.15, 0.2) is 11.5 Å². The summed E-state index contributed by atoms with van der Waals surface area (Å²) >= 11 is 7.53. The number of hydrogen-bond acceptors (Lipinski definition) is 6. The van der Waals surface area contributed by atoms with Gasteiger partial charge in [-0.25, -0.2) is 4.98 Å². The minimum atomic E-state index is -1.13. The van der Waals surface area contributed by atoms with Crippen molar-refractivity contribution in [3.8, 4) is 11.5 Å². The fourth-order valence-electron chi connectivity index (χ4n) is 2.52. The van der Waals surface area contributed by atoms with Crippen LogP contribution >= 0.6 is 22.9 Å². The number of nitrogens with zero attached hydrogens (tertiary/aromatic N) is 1. The Morgan fingerprint density at radius 3 is 2.81 bits per heavy atom. The number of aromatic hydroxyl groups is 1. The summed E-state index contributed by atoms with van der Waals surface area (Å²) in [6.45, 7) is 0. The number of carboxylic acid groups (broad SMARTS) is 1. The van der Waals surface area contributed by atoms with E-state index in [1.165, 1.54) is 18.4 Å². The molecule has 3 rings (SSSR count). The van der Waals surface area contributed by atoms with E-state index in [1.807, 2.05) is 24.3 Å². The monoisotopic (exact) mass is 388 g/mol. The average Bonchev–Trinajstić information content (AvgIpc) is 3.05. The number of aromatic nitrogens is 1. The first kappa shape index (κ1) is 18.2. The first-order valence-corrected chi connectivity index (χ1v) is 9.00. The molecule has 0 saturated heterocycles. The number of allylic oxidation sites excluding steroid dienone is 1. The number of thiazole rings is 1. The Morgan fingerprint density at radius 1 is 1.35 bits per heavy atom. The molecular weight excluding hydrogens is 374 g/mol. The van der Waals surface area contributed by atoms with Crippen molar-refractivity contribution in [1.82, 2.24) is 4.98 Å². The van der Waals surface area contributed by atoms with Crippen LogP contribution in [-0.2, 0) is 4.79 Å². The summed E-state index contributed by atoms with van der Waals surface area (Å²) in [6.07, 6.45) is 1.95. The molecule has 1 heterocycles. The number of halogens is 1. The van der Waals surface area contributed by atoms with Gasteiger partial charge >= 0.3 is 0 Å². The van der Waals surface area contributed by atoms with E-state index in [9.17, 15) is 15.0 Å². The highest BCUT2D eigenvalue weighted by Gasteiger charge is 2.12. The molecule has 0 aliphatic heterocycles. The number of ether oxygens (including phenoxy) is 1. The first-order valence-electron chi connectivity index (χ1n) is 7.81. The third kappa shape index (κ3) is 3.98. The molecule has 2 aromatic carbocycles. The van der Waals surface area contributed by atoms with E-state index in [4.69, 9.17) is 16.3 Å². The van der Waals surface area contributed by atoms with Gasteiger partial charge in [0.1, 0.15) is 5.01 Å². The Balaban J connectivity index is 2.07. The SMILES string of the molecule is COc1cc(/C=C(\CCC(=O)[O-])c2nc3ccccc3s2)cc(Cl)c1O. The molecule has 0 bridgehead atoms. The largest absolute Gasteiger partial charge is 0.550 e. The lowest BCUT2D eigenvalue weighted by molar-refractivity contribution is -0.305. The van der Waals surface area contributed by atoms with Crippen LogP contribution in [0.3, 0.4) is 0 Å². The fourth-order valence-corrected chi connectivity index (χ4v) is 3.75. The zero-order valence-corrected chi connectivity index (χ0v) is 15.4. The normalized spacial score (nSPS) is 11.7. The van der Waals surface area contributed by atoms with Gasteiger partial charge in [-0.3, -0.25) is 0 Å². The predicted octanol–water partition coefficient (Wildman–Crippen LogP) is 3.73. The molecule has 3 aromatic rings. The summed E-state index contributed by atoms with van der Waals surface area (Å²) in [7, 11) is 1.43. The predicted molar refractivity (Wildman–Crippen MR) is 101 cm³/mol. The highest BCUT2D eigenvalue weighted by atomic mass is 35.5. The van der Waals surface area contributed by atoms with E-state index in [0.29, 0.717) is 5.56 Å². The summed E-state index contributed by atoms with van der Waals surface area (Å²) < 4.78 is 6.14. The van der Waals surface area contributed by atoms with Gasteiger partial charge in [-0.05, 0) is 54.3 Å². The number of aliphatic carboxylic acids is 1. The zero-order chi connectivity index (χ0) is 18.7. The Morgan fingerprint density at radius 2 is 2.12 bits per heavy atom. The van der Waals surface area contributed by atoms with Gasteiger partial charge in [0, 0.05) is 5.97 Å². The van der Waals surface area contributed by atoms with Crippen molar-refractivity contribution < 1.29 is 19.7 Å². The standard InChI is InChI=1S/C19H16ClNO4S/c1-25-15-10-11(9-13(20)18(15)24)8-12(6-7-17(22)23)19-21-14-4-2-3-5-16(14)26-19/h2-5,8-10,24H,6-7H2,1H3,(H,22,23)/p-1/b12-8+. The summed E-state index contributed by atoms with van der Waals surface area (Å²) in [4.78, 5) is 15.5. The Hall–Kier alpha value is -2.57. The van der Waals surface area contributed by atoms with Gasteiger partial charge in [0.2, 0.25) is 0 Å². The second-order valence-electron chi connectivity index (χ2n) is 5.58. The van der Waals surface area contributed by atoms with Gasteiger partial charge in [-0.1, -0.05) is 23.7 Å². The Kier molecular flexibility index (Phi) is 5.44. The lowest BCUT2D eigenvalue weighted by Crippen LogP contribution is -2.21. The van der Waals surface area contributed by atoms with Crippen molar-refractivity contribution >= 4 is 50.8 Å². The van der Waals surface area contributed by atoms with Crippen LogP contribution in [0.2, 0.25) is 5.02 Å². The maximum Gasteiger partial charge on any atom is 0.176 e. The fraction of sp³-hybridized carbons (Fsp3) is 0.158. The summed E-state index contributed by atoms with van der Waals surface area (Å²) in [5, 5.41) is 21.7. The van der Waals surface area contributed by atoms with Crippen LogP contribution in [0, 0.1) is 0 Å². The van der Waals surface area contributed by atoms with Gasteiger partial charge in [0.05, 0.1) is 22.3 Å². The molecule has 5 nitrogen and oxygen atoms in total. The molecule has 0 amide bonds. The third-order valence-corrected chi connectivity index (χ3v) is 5.18. The molecule has 0 spiro atoms. The molecular formula is C19H15ClNO4S-. The molecule has 0 unspecified atom stereocenters. The molecule has 0 radical (unpaired) electrons. The molecule has 0 aliphatic carbocycles. The molecule has 0 fully saturated rings. The van der Waals surface area contributed by atoms with E-state index in [2.05, 4.69) is 4.98 Å². The number of carbonyl (C=O) groups excluding carboxylic acids is 1. The van der Waals surface area contributed by atoms with E-state index in [0.717, 1.165) is 20.8 Å². The number of fused-ring (bicyclic) bond motifs is 1. The van der Waals surface area contributed by atoms with Crippen LogP contribution in [-0.4, -0.2) is 23.2 Å². The number of carboxylic acids is 1. The second kappa shape index (κ2) is 7.76. The van der Waals surface area contributed by atoms with Crippen molar-refractivity contribution in [3.63, 3.8) is 0 Å². The van der Waals surface area contributed by atoms with Crippen LogP contribution in [0.5, 0.6) is 11.5 Å². The number of carbonyl (C=O) groups is 1. The first-order chi connectivity index (χ1) is 12.5. The number of hydrogen-bond donors (Lipinski definition) is 1. The van der Waals surface area contributed by atoms with Crippen molar-refractivity contribution in [2.75, 3.05) is 7.11 Å². The lowest BCUT2D eigenvalue weighted by Gasteiger charge is -2.09. The van der Waals surface area contributed by atoms with Gasteiger partial charge in [-0.15, -0.1) is 11.3 Å². The van der Waals surface area contributed by atoms with Crippen LogP contribution in [0.15, 0.2) is 36.4 Å². The van der Waals surface area contributed by atoms with E-state index in [1.54, 1.807) is 18.2 Å². The van der Waals surface area contributed by atoms with E-state index < -0.39 is 5.97 Å². The van der Waals surface area contributed by atoms with Crippen LogP contribution in [0.25, 0.3) is 21.9 Å². The molecule has 26 heavy (non-hydrogen) atoms. The molecule has 134 valence electrons. The lowest BCUT2D eigenvalue weighted by atomic mass is 10.1. The van der Waals surface area contributed by atoms with E-state index >= 15 is 0 Å². The molecule has 1 N–H and O–H groups in total. The molecule has 1 aromatic heterocycles. The molecule has 7 heteroatoms. The van der Waals surface area contributed by atoms with Gasteiger partial charge in [0.25, 0.3) is 0 Å². The maximum absolute atomic E-state index is 10.9. The van der Waals surface area contributed by atoms with Crippen molar-refractivity contribution in [2.24, 2.45) is 0 Å². The summed E-state index contributed by atoms with van der Waals surface area (Å²) in [5.41, 5.74) is 2.28. The van der Waals surface area contributed by atoms with E-state index in [-0.39, 0.29) is 29.4 Å². The highest BCUT2D eigenvalue weighted by molar-refractivity contribution is 7.19. The maximum atomic E-state index is 10.9. The Labute approximate surface area is 159 Å². The van der Waals surface area contributed by atoms with Gasteiger partial charge < -0.3 is 19.7 Å². The van der Waals surface area contributed by atoms with Crippen molar-refractivity contribution in [2.45, 2.75) is 12.8 Å². The number of para-hydroxylation sites is 1. The quantitative estimate of drug-likeness (QED) is 0.695. The average molecular weight is 389 g/mol. The number of rotatable bonds is 6. The minimum Gasteiger partial charge on any atom is -0.550 e. The van der Waals surface area contributed by atoms with Crippen molar-refractivity contribution in [1.29, 1.82) is 0 Å². The number of phenolic OH excluding ortho intramolecular Hbond substituents is 1. The zero-order valence-electron chi connectivity index (χ0n) is 13.9. The minimum absolute atomic E-state index is 0.120. The number of methoxy groups -OCH3 is 1.